The maximum Gasteiger partial charge on any atom is 0.382 e. The number of carbonyl (C=O) groups excluding carboxylic acids is 1. The maximum absolute atomic E-state index is 14.0. The van der Waals surface area contributed by atoms with E-state index in [1.807, 2.05) is 13.8 Å². The SMILES string of the molecule is CCC.CCC(CC)COC(=O)CNP(Oc1ccccc1)Oc1c(F)c(F)c(F)c(F)c1F. The number of halogens is 5. The number of para-hydroxylation sites is 1. The molecule has 1 unspecified atom stereocenters. The lowest BCUT2D eigenvalue weighted by atomic mass is 10.1. The van der Waals surface area contributed by atoms with Crippen molar-refractivity contribution >= 4 is 14.5 Å². The number of nitrogens with one attached hydrogen (secondary N) is 1. The second-order valence-electron chi connectivity index (χ2n) is 7.06. The molecule has 5 nitrogen and oxygen atoms in total. The van der Waals surface area contributed by atoms with E-state index in [9.17, 15) is 26.7 Å². The van der Waals surface area contributed by atoms with Crippen LogP contribution in [-0.2, 0) is 9.53 Å². The molecule has 190 valence electrons. The molecule has 34 heavy (non-hydrogen) atoms. The van der Waals surface area contributed by atoms with E-state index in [1.54, 1.807) is 18.2 Å². The number of carbonyl (C=O) groups is 1. The number of esters is 1. The molecule has 0 fully saturated rings. The van der Waals surface area contributed by atoms with Crippen molar-refractivity contribution in [1.29, 1.82) is 0 Å². The van der Waals surface area contributed by atoms with Crippen molar-refractivity contribution in [1.82, 2.24) is 5.09 Å². The van der Waals surface area contributed by atoms with Gasteiger partial charge in [0.05, 0.1) is 6.61 Å². The van der Waals surface area contributed by atoms with Crippen molar-refractivity contribution in [3.05, 3.63) is 59.4 Å². The Kier molecular flexibility index (Phi) is 13.4. The molecule has 2 aromatic carbocycles. The Morgan fingerprint density at radius 2 is 1.35 bits per heavy atom. The summed E-state index contributed by atoms with van der Waals surface area (Å²) in [6.07, 6.45) is 2.87. The highest BCUT2D eigenvalue weighted by atomic mass is 31.2. The van der Waals surface area contributed by atoms with Gasteiger partial charge in [0, 0.05) is 0 Å². The Morgan fingerprint density at radius 3 is 1.85 bits per heavy atom. The molecule has 2 aromatic rings. The smallest absolute Gasteiger partial charge is 0.382 e. The zero-order chi connectivity index (χ0) is 25.7. The highest BCUT2D eigenvalue weighted by Gasteiger charge is 2.30. The lowest BCUT2D eigenvalue weighted by Crippen LogP contribution is -2.26. The van der Waals surface area contributed by atoms with Gasteiger partial charge in [-0.3, -0.25) is 4.79 Å². The Bertz CT molecular complexity index is 872. The average Bonchev–Trinajstić information content (AvgIpc) is 2.84. The van der Waals surface area contributed by atoms with E-state index >= 15 is 0 Å². The van der Waals surface area contributed by atoms with E-state index in [0.29, 0.717) is 0 Å². The van der Waals surface area contributed by atoms with Crippen molar-refractivity contribution in [2.24, 2.45) is 5.92 Å². The van der Waals surface area contributed by atoms with Crippen LogP contribution in [0, 0.1) is 35.0 Å². The molecule has 0 heterocycles. The fraction of sp³-hybridized carbons (Fsp3) is 0.435. The second kappa shape index (κ2) is 15.5. The molecule has 1 atom stereocenters. The minimum atomic E-state index is -2.53. The number of benzene rings is 2. The van der Waals surface area contributed by atoms with E-state index in [0.717, 1.165) is 12.8 Å². The Balaban J connectivity index is 0.00000182. The third kappa shape index (κ3) is 9.06. The standard InChI is InChI=1S/C20H21F5NO4P.C3H8/c1-3-12(4-2)11-28-14(27)10-26-31(29-13-8-6-5-7-9-13)30-20-18(24)16(22)15(21)17(23)19(20)25;1-3-2/h5-9,12,26H,3-4,10-11H2,1-2H3;3H2,1-2H3. The molecule has 0 amide bonds. The summed E-state index contributed by atoms with van der Waals surface area (Å²) in [5.74, 6) is -12.8. The minimum absolute atomic E-state index is 0.176. The molecular weight excluding hydrogens is 480 g/mol. The molecule has 0 bridgehead atoms. The molecule has 1 N–H and O–H groups in total. The van der Waals surface area contributed by atoms with Gasteiger partial charge in [0.2, 0.25) is 34.8 Å². The van der Waals surface area contributed by atoms with Crippen molar-refractivity contribution in [3.63, 3.8) is 0 Å². The monoisotopic (exact) mass is 509 g/mol. The molecule has 0 aliphatic heterocycles. The first-order chi connectivity index (χ1) is 16.2. The van der Waals surface area contributed by atoms with E-state index in [-0.39, 0.29) is 18.3 Å². The van der Waals surface area contributed by atoms with Gasteiger partial charge in [0.1, 0.15) is 12.3 Å². The van der Waals surface area contributed by atoms with Gasteiger partial charge in [-0.1, -0.05) is 65.2 Å². The summed E-state index contributed by atoms with van der Waals surface area (Å²) < 4.78 is 83.6. The number of ether oxygens (including phenoxy) is 1. The number of rotatable bonds is 11. The van der Waals surface area contributed by atoms with Crippen LogP contribution >= 0.6 is 8.53 Å². The van der Waals surface area contributed by atoms with E-state index in [2.05, 4.69) is 18.9 Å². The molecule has 0 spiro atoms. The van der Waals surface area contributed by atoms with Crippen LogP contribution in [0.5, 0.6) is 11.5 Å². The molecule has 2 rings (SSSR count). The predicted molar refractivity (Wildman–Crippen MR) is 120 cm³/mol. The molecule has 0 saturated carbocycles. The largest absolute Gasteiger partial charge is 0.464 e. The lowest BCUT2D eigenvalue weighted by Gasteiger charge is -2.20. The van der Waals surface area contributed by atoms with Gasteiger partial charge < -0.3 is 13.8 Å². The van der Waals surface area contributed by atoms with Crippen LogP contribution in [-0.4, -0.2) is 19.1 Å². The van der Waals surface area contributed by atoms with Crippen LogP contribution < -0.4 is 14.1 Å². The summed E-state index contributed by atoms with van der Waals surface area (Å²) in [5.41, 5.74) is 0. The van der Waals surface area contributed by atoms with Gasteiger partial charge in [0.25, 0.3) is 0 Å². The first-order valence-corrected chi connectivity index (χ1v) is 12.0. The van der Waals surface area contributed by atoms with Gasteiger partial charge in [-0.15, -0.1) is 0 Å². The predicted octanol–water partition coefficient (Wildman–Crippen LogP) is 7.05. The first kappa shape index (κ1) is 29.6. The van der Waals surface area contributed by atoms with Crippen molar-refractivity contribution in [2.75, 3.05) is 13.2 Å². The van der Waals surface area contributed by atoms with E-state index < -0.39 is 55.9 Å². The normalized spacial score (nSPS) is 11.5. The Morgan fingerprint density at radius 1 is 0.853 bits per heavy atom. The average molecular weight is 509 g/mol. The Labute approximate surface area is 197 Å². The quantitative estimate of drug-likeness (QED) is 0.116. The van der Waals surface area contributed by atoms with E-state index in [4.69, 9.17) is 13.8 Å². The highest BCUT2D eigenvalue weighted by Crippen LogP contribution is 2.40. The van der Waals surface area contributed by atoms with Crippen LogP contribution in [0.4, 0.5) is 22.0 Å². The molecule has 0 aliphatic rings. The van der Waals surface area contributed by atoms with Crippen LogP contribution in [0.3, 0.4) is 0 Å². The van der Waals surface area contributed by atoms with Crippen LogP contribution in [0.15, 0.2) is 30.3 Å². The van der Waals surface area contributed by atoms with E-state index in [1.165, 1.54) is 18.6 Å². The third-order valence-corrected chi connectivity index (χ3v) is 5.40. The van der Waals surface area contributed by atoms with Crippen molar-refractivity contribution in [2.45, 2.75) is 47.0 Å². The molecule has 0 aromatic heterocycles. The number of hydrogen-bond acceptors (Lipinski definition) is 5. The van der Waals surface area contributed by atoms with Crippen LogP contribution in [0.2, 0.25) is 0 Å². The summed E-state index contributed by atoms with van der Waals surface area (Å²) in [6.45, 7) is 7.85. The molecule has 0 saturated heterocycles. The fourth-order valence-corrected chi connectivity index (χ4v) is 3.39. The first-order valence-electron chi connectivity index (χ1n) is 10.8. The van der Waals surface area contributed by atoms with Crippen LogP contribution in [0.25, 0.3) is 0 Å². The molecular formula is C23H29F5NO4P. The fourth-order valence-electron chi connectivity index (χ4n) is 2.32. The summed E-state index contributed by atoms with van der Waals surface area (Å²) in [6, 6.07) is 7.80. The summed E-state index contributed by atoms with van der Waals surface area (Å²) in [4.78, 5) is 12.0. The third-order valence-electron chi connectivity index (χ3n) is 4.26. The minimum Gasteiger partial charge on any atom is -0.464 e. The highest BCUT2D eigenvalue weighted by molar-refractivity contribution is 7.45. The summed E-state index contributed by atoms with van der Waals surface area (Å²) in [5, 5.41) is 2.46. The second-order valence-corrected chi connectivity index (χ2v) is 8.25. The zero-order valence-corrected chi connectivity index (χ0v) is 20.4. The maximum atomic E-state index is 14.0. The zero-order valence-electron chi connectivity index (χ0n) is 19.5. The van der Waals surface area contributed by atoms with Crippen molar-refractivity contribution < 1.29 is 40.5 Å². The summed E-state index contributed by atoms with van der Waals surface area (Å²) in [7, 11) is -2.53. The van der Waals surface area contributed by atoms with Crippen LogP contribution in [0.1, 0.15) is 47.0 Å². The van der Waals surface area contributed by atoms with Gasteiger partial charge in [-0.25, -0.2) is 18.3 Å². The van der Waals surface area contributed by atoms with Gasteiger partial charge in [-0.2, -0.15) is 8.78 Å². The van der Waals surface area contributed by atoms with Gasteiger partial charge in [0.15, 0.2) is 0 Å². The van der Waals surface area contributed by atoms with Gasteiger partial charge >= 0.3 is 14.5 Å². The van der Waals surface area contributed by atoms with Crippen molar-refractivity contribution in [3.8, 4) is 11.5 Å². The molecule has 0 aliphatic carbocycles. The molecule has 0 radical (unpaired) electrons. The Hall–Kier alpha value is -2.45. The lowest BCUT2D eigenvalue weighted by molar-refractivity contribution is -0.143. The molecule has 11 heteroatoms. The van der Waals surface area contributed by atoms with Gasteiger partial charge in [-0.05, 0) is 18.1 Å². The topological polar surface area (TPSA) is 56.8 Å². The number of hydrogen-bond donors (Lipinski definition) is 1. The summed E-state index contributed by atoms with van der Waals surface area (Å²) >= 11 is 0.